The molecule has 5 rings (SSSR count). The zero-order chi connectivity index (χ0) is 19.1. The van der Waals surface area contributed by atoms with Crippen molar-refractivity contribution in [2.45, 2.75) is 44.5 Å². The number of nitriles is 1. The molecule has 0 N–H and O–H groups in total. The van der Waals surface area contributed by atoms with E-state index in [2.05, 4.69) is 47.1 Å². The topological polar surface area (TPSA) is 56.1 Å². The van der Waals surface area contributed by atoms with Crippen molar-refractivity contribution in [3.8, 4) is 17.2 Å². The number of piperazine rings is 1. The van der Waals surface area contributed by atoms with Crippen LogP contribution in [0.15, 0.2) is 30.6 Å². The van der Waals surface area contributed by atoms with E-state index in [0.29, 0.717) is 17.5 Å². The Balaban J connectivity index is 1.53. The number of nitrogens with zero attached hydrogens (tertiary/aromatic N) is 5. The summed E-state index contributed by atoms with van der Waals surface area (Å²) in [5.41, 5.74) is 3.97. The number of pyridine rings is 2. The monoisotopic (exact) mass is 370 g/mol. The molecule has 3 fully saturated rings. The van der Waals surface area contributed by atoms with Crippen LogP contribution in [0.2, 0.25) is 6.82 Å². The minimum Gasteiger partial charge on any atom is -0.353 e. The number of rotatable bonds is 5. The summed E-state index contributed by atoms with van der Waals surface area (Å²) >= 11 is 0. The quantitative estimate of drug-likeness (QED) is 0.755. The predicted molar refractivity (Wildman–Crippen MR) is 111 cm³/mol. The third-order valence-corrected chi connectivity index (χ3v) is 6.35. The van der Waals surface area contributed by atoms with Crippen LogP contribution in [-0.4, -0.2) is 47.9 Å². The van der Waals surface area contributed by atoms with Crippen LogP contribution in [0.5, 0.6) is 0 Å². The van der Waals surface area contributed by atoms with Gasteiger partial charge in [0.05, 0.1) is 11.3 Å². The Hall–Kier alpha value is -2.39. The minimum atomic E-state index is 0.520. The second kappa shape index (κ2) is 7.22. The maximum absolute atomic E-state index is 9.90. The highest BCUT2D eigenvalue weighted by atomic mass is 15.3. The van der Waals surface area contributed by atoms with Crippen LogP contribution in [0.25, 0.3) is 11.1 Å². The minimum absolute atomic E-state index is 0.520. The lowest BCUT2D eigenvalue weighted by Gasteiger charge is -2.42. The normalized spacial score (nSPS) is 22.7. The van der Waals surface area contributed by atoms with E-state index in [1.54, 1.807) is 6.20 Å². The van der Waals surface area contributed by atoms with Gasteiger partial charge in [-0.3, -0.25) is 4.98 Å². The van der Waals surface area contributed by atoms with Crippen molar-refractivity contribution in [2.24, 2.45) is 5.92 Å². The van der Waals surface area contributed by atoms with Gasteiger partial charge in [-0.2, -0.15) is 5.26 Å². The van der Waals surface area contributed by atoms with Gasteiger partial charge in [0.2, 0.25) is 7.41 Å². The molecule has 2 aliphatic carbocycles. The molecule has 0 bridgehead atoms. The van der Waals surface area contributed by atoms with Crippen molar-refractivity contribution in [2.75, 3.05) is 24.5 Å². The predicted octanol–water partition coefficient (Wildman–Crippen LogP) is 3.46. The van der Waals surface area contributed by atoms with E-state index in [-0.39, 0.29) is 0 Å². The molecular weight excluding hydrogens is 345 g/mol. The smallest absolute Gasteiger partial charge is 0.205 e. The average molecular weight is 370 g/mol. The molecule has 0 aromatic carbocycles. The number of hydrogen-bond acceptors (Lipinski definition) is 5. The highest BCUT2D eigenvalue weighted by molar-refractivity contribution is 6.30. The molecule has 2 aromatic heterocycles. The molecule has 2 aromatic rings. The molecule has 0 unspecified atom stereocenters. The summed E-state index contributed by atoms with van der Waals surface area (Å²) in [4.78, 5) is 14.2. The summed E-state index contributed by atoms with van der Waals surface area (Å²) in [5.74, 6) is 2.20. The van der Waals surface area contributed by atoms with Gasteiger partial charge in [-0.25, -0.2) is 4.98 Å². The van der Waals surface area contributed by atoms with E-state index >= 15 is 0 Å². The van der Waals surface area contributed by atoms with Gasteiger partial charge >= 0.3 is 0 Å². The molecule has 0 amide bonds. The van der Waals surface area contributed by atoms with E-state index in [0.717, 1.165) is 48.2 Å². The van der Waals surface area contributed by atoms with Gasteiger partial charge in [0.25, 0.3) is 0 Å². The first kappa shape index (κ1) is 17.7. The Labute approximate surface area is 167 Å². The number of aromatic nitrogens is 2. The molecule has 28 heavy (non-hydrogen) atoms. The average Bonchev–Trinajstić information content (AvgIpc) is 3.66. The zero-order valence-corrected chi connectivity index (χ0v) is 16.4. The van der Waals surface area contributed by atoms with Crippen molar-refractivity contribution in [1.29, 1.82) is 5.26 Å². The van der Waals surface area contributed by atoms with Gasteiger partial charge in [-0.05, 0) is 43.7 Å². The lowest BCUT2D eigenvalue weighted by Crippen LogP contribution is -2.55. The van der Waals surface area contributed by atoms with Crippen LogP contribution < -0.4 is 4.90 Å². The Kier molecular flexibility index (Phi) is 4.56. The second-order valence-electron chi connectivity index (χ2n) is 8.27. The SMILES string of the molecule is C[B]N1CCN(c2nc(C3CC3)c(-c3cccnc3)cc2C#N)C[C@H]1C1CC1. The standard InChI is InChI=1S/C22H25BN5/c1-23-28-10-9-27(14-20(28)15-4-5-15)22-18(12-24)11-19(17-3-2-8-25-13-17)21(26-22)16-6-7-16/h2-3,8,11,13,15-16,20H,4-7,9-10,14H2,1H3/t20-/m0/s1. The summed E-state index contributed by atoms with van der Waals surface area (Å²) in [5, 5.41) is 9.90. The molecule has 141 valence electrons. The highest BCUT2D eigenvalue weighted by Gasteiger charge is 2.39. The molecule has 1 atom stereocenters. The Morgan fingerprint density at radius 1 is 1.21 bits per heavy atom. The van der Waals surface area contributed by atoms with Crippen LogP contribution in [-0.2, 0) is 0 Å². The summed E-state index contributed by atoms with van der Waals surface area (Å²) in [6.07, 6.45) is 8.70. The molecule has 5 nitrogen and oxygen atoms in total. The highest BCUT2D eigenvalue weighted by Crippen LogP contribution is 2.45. The lowest BCUT2D eigenvalue weighted by atomic mass is 9.89. The van der Waals surface area contributed by atoms with E-state index in [9.17, 15) is 5.26 Å². The lowest BCUT2D eigenvalue weighted by molar-refractivity contribution is 0.270. The van der Waals surface area contributed by atoms with Crippen LogP contribution in [0.3, 0.4) is 0 Å². The summed E-state index contributed by atoms with van der Waals surface area (Å²) in [6.45, 7) is 5.03. The maximum Gasteiger partial charge on any atom is 0.205 e. The van der Waals surface area contributed by atoms with Gasteiger partial charge in [0.1, 0.15) is 11.9 Å². The molecule has 1 saturated heterocycles. The van der Waals surface area contributed by atoms with Crippen LogP contribution >= 0.6 is 0 Å². The molecule has 1 radical (unpaired) electrons. The molecule has 3 heterocycles. The third-order valence-electron chi connectivity index (χ3n) is 6.35. The Bertz CT molecular complexity index is 901. The second-order valence-corrected chi connectivity index (χ2v) is 8.27. The number of anilines is 1. The van der Waals surface area contributed by atoms with Gasteiger partial charge < -0.3 is 9.71 Å². The van der Waals surface area contributed by atoms with Gasteiger partial charge in [0, 0.05) is 55.1 Å². The third kappa shape index (κ3) is 3.29. The molecule has 3 aliphatic rings. The fourth-order valence-electron chi connectivity index (χ4n) is 4.50. The molecule has 6 heteroatoms. The summed E-state index contributed by atoms with van der Waals surface area (Å²) in [6, 6.07) is 9.05. The van der Waals surface area contributed by atoms with Gasteiger partial charge in [-0.1, -0.05) is 12.9 Å². The summed E-state index contributed by atoms with van der Waals surface area (Å²) < 4.78 is 0. The fourth-order valence-corrected chi connectivity index (χ4v) is 4.50. The van der Waals surface area contributed by atoms with E-state index in [4.69, 9.17) is 4.98 Å². The van der Waals surface area contributed by atoms with E-state index in [1.165, 1.54) is 25.7 Å². The van der Waals surface area contributed by atoms with Crippen molar-refractivity contribution < 1.29 is 0 Å². The zero-order valence-electron chi connectivity index (χ0n) is 16.4. The first-order valence-corrected chi connectivity index (χ1v) is 10.4. The first-order valence-electron chi connectivity index (χ1n) is 10.4. The molecule has 0 spiro atoms. The molecule has 1 aliphatic heterocycles. The molecule has 2 saturated carbocycles. The largest absolute Gasteiger partial charge is 0.353 e. The molecular formula is C22H25BN5. The summed E-state index contributed by atoms with van der Waals surface area (Å²) in [7, 11) is 2.24. The van der Waals surface area contributed by atoms with Crippen LogP contribution in [0.4, 0.5) is 5.82 Å². The van der Waals surface area contributed by atoms with Crippen molar-refractivity contribution in [3.63, 3.8) is 0 Å². The van der Waals surface area contributed by atoms with Crippen LogP contribution in [0, 0.1) is 17.2 Å². The Morgan fingerprint density at radius 2 is 2.07 bits per heavy atom. The van der Waals surface area contributed by atoms with Crippen molar-refractivity contribution in [3.05, 3.63) is 41.9 Å². The maximum atomic E-state index is 9.90. The Morgan fingerprint density at radius 3 is 2.71 bits per heavy atom. The fraction of sp³-hybridized carbons (Fsp3) is 0.500. The van der Waals surface area contributed by atoms with E-state index < -0.39 is 0 Å². The van der Waals surface area contributed by atoms with Crippen molar-refractivity contribution >= 4 is 13.2 Å². The van der Waals surface area contributed by atoms with Gasteiger partial charge in [0.15, 0.2) is 0 Å². The van der Waals surface area contributed by atoms with Gasteiger partial charge in [-0.15, -0.1) is 0 Å². The van der Waals surface area contributed by atoms with Crippen LogP contribution in [0.1, 0.15) is 42.9 Å². The number of hydrogen-bond donors (Lipinski definition) is 0. The van der Waals surface area contributed by atoms with E-state index in [1.807, 2.05) is 12.3 Å². The first-order chi connectivity index (χ1) is 13.8. The van der Waals surface area contributed by atoms with Crippen molar-refractivity contribution in [1.82, 2.24) is 14.8 Å².